The van der Waals surface area contributed by atoms with Gasteiger partial charge in [-0.1, -0.05) is 29.8 Å². The van der Waals surface area contributed by atoms with Crippen LogP contribution in [0.2, 0.25) is 0 Å². The van der Waals surface area contributed by atoms with Crippen molar-refractivity contribution in [2.24, 2.45) is 5.73 Å². The molecule has 0 aromatic heterocycles. The van der Waals surface area contributed by atoms with Gasteiger partial charge in [-0.05, 0) is 24.7 Å². The van der Waals surface area contributed by atoms with E-state index in [2.05, 4.69) is 17.5 Å². The molecular weight excluding hydrogens is 196 g/mol. The molecule has 1 aromatic carbocycles. The molecule has 74 valence electrons. The second-order valence-corrected chi connectivity index (χ2v) is 3.52. The molecule has 4 heteroatoms. The van der Waals surface area contributed by atoms with E-state index in [-0.39, 0.29) is 11.0 Å². The maximum Gasteiger partial charge on any atom is 0.230 e. The van der Waals surface area contributed by atoms with Crippen LogP contribution in [0.15, 0.2) is 24.3 Å². The number of nitrogens with two attached hydrogens (primary N) is 1. The van der Waals surface area contributed by atoms with Crippen LogP contribution in [0.25, 0.3) is 0 Å². The van der Waals surface area contributed by atoms with E-state index in [9.17, 15) is 4.79 Å². The summed E-state index contributed by atoms with van der Waals surface area (Å²) in [7, 11) is 0. The molecule has 0 bridgehead atoms. The Kier molecular flexibility index (Phi) is 3.59. The van der Waals surface area contributed by atoms with Crippen molar-refractivity contribution in [1.29, 1.82) is 0 Å². The van der Waals surface area contributed by atoms with Gasteiger partial charge >= 0.3 is 0 Å². The van der Waals surface area contributed by atoms with E-state index in [0.717, 1.165) is 11.1 Å². The molecule has 3 N–H and O–H groups in total. The molecule has 14 heavy (non-hydrogen) atoms. The van der Waals surface area contributed by atoms with Crippen LogP contribution < -0.4 is 11.1 Å². The van der Waals surface area contributed by atoms with Crippen molar-refractivity contribution in [2.45, 2.75) is 13.3 Å². The lowest BCUT2D eigenvalue weighted by Crippen LogP contribution is -2.35. The highest BCUT2D eigenvalue weighted by molar-refractivity contribution is 7.80. The quantitative estimate of drug-likeness (QED) is 0.710. The van der Waals surface area contributed by atoms with E-state index in [1.807, 2.05) is 31.2 Å². The first-order valence-electron chi connectivity index (χ1n) is 4.23. The largest absolute Gasteiger partial charge is 0.376 e. The molecule has 0 radical (unpaired) electrons. The summed E-state index contributed by atoms with van der Waals surface area (Å²) in [5.74, 6) is -0.178. The van der Waals surface area contributed by atoms with Gasteiger partial charge in [0.1, 0.15) is 0 Å². The maximum atomic E-state index is 11.3. The molecule has 0 saturated carbocycles. The number of carbonyl (C=O) groups is 1. The predicted octanol–water partition coefficient (Wildman–Crippen LogP) is 0.897. The minimum Gasteiger partial charge on any atom is -0.376 e. The first kappa shape index (κ1) is 10.7. The van der Waals surface area contributed by atoms with E-state index in [0.29, 0.717) is 6.42 Å². The van der Waals surface area contributed by atoms with Gasteiger partial charge in [0.25, 0.3) is 0 Å². The number of nitrogens with one attached hydrogen (secondary N) is 1. The molecule has 0 saturated heterocycles. The number of carbonyl (C=O) groups excluding carboxylic acids is 1. The van der Waals surface area contributed by atoms with E-state index in [1.54, 1.807) is 0 Å². The zero-order valence-electron chi connectivity index (χ0n) is 7.91. The van der Waals surface area contributed by atoms with Gasteiger partial charge in [-0.2, -0.15) is 0 Å². The highest BCUT2D eigenvalue weighted by atomic mass is 32.1. The topological polar surface area (TPSA) is 55.1 Å². The van der Waals surface area contributed by atoms with Gasteiger partial charge in [-0.25, -0.2) is 0 Å². The van der Waals surface area contributed by atoms with Gasteiger partial charge < -0.3 is 11.1 Å². The Morgan fingerprint density at radius 2 is 2.29 bits per heavy atom. The summed E-state index contributed by atoms with van der Waals surface area (Å²) in [5.41, 5.74) is 7.26. The molecule has 0 aliphatic heterocycles. The number of hydrogen-bond donors (Lipinski definition) is 2. The van der Waals surface area contributed by atoms with Gasteiger partial charge in [-0.3, -0.25) is 4.79 Å². The Hall–Kier alpha value is -1.42. The zero-order valence-corrected chi connectivity index (χ0v) is 8.73. The summed E-state index contributed by atoms with van der Waals surface area (Å²) in [6, 6.07) is 7.75. The lowest BCUT2D eigenvalue weighted by molar-refractivity contribution is -0.119. The summed E-state index contributed by atoms with van der Waals surface area (Å²) in [6.45, 7) is 1.98. The van der Waals surface area contributed by atoms with Crippen molar-refractivity contribution in [1.82, 2.24) is 5.32 Å². The minimum atomic E-state index is -0.178. The predicted molar refractivity (Wildman–Crippen MR) is 59.8 cm³/mol. The maximum absolute atomic E-state index is 11.3. The third kappa shape index (κ3) is 3.53. The van der Waals surface area contributed by atoms with Crippen LogP contribution in [0.4, 0.5) is 0 Å². The zero-order chi connectivity index (χ0) is 10.6. The van der Waals surface area contributed by atoms with E-state index in [1.165, 1.54) is 0 Å². The van der Waals surface area contributed by atoms with Crippen molar-refractivity contribution < 1.29 is 4.79 Å². The van der Waals surface area contributed by atoms with Crippen LogP contribution in [0.1, 0.15) is 11.1 Å². The smallest absolute Gasteiger partial charge is 0.230 e. The number of amides is 1. The van der Waals surface area contributed by atoms with Crippen LogP contribution in [0.5, 0.6) is 0 Å². The average molecular weight is 208 g/mol. The summed E-state index contributed by atoms with van der Waals surface area (Å²) >= 11 is 4.56. The normalized spacial score (nSPS) is 9.50. The van der Waals surface area contributed by atoms with Gasteiger partial charge in [0.2, 0.25) is 5.91 Å². The molecule has 0 unspecified atom stereocenters. The number of aryl methyl sites for hydroxylation is 1. The fourth-order valence-electron chi connectivity index (χ4n) is 1.19. The Balaban J connectivity index is 2.60. The second kappa shape index (κ2) is 4.72. The fraction of sp³-hybridized carbons (Fsp3) is 0.200. The highest BCUT2D eigenvalue weighted by Gasteiger charge is 2.03. The van der Waals surface area contributed by atoms with Gasteiger partial charge in [0.15, 0.2) is 5.11 Å². The van der Waals surface area contributed by atoms with Crippen molar-refractivity contribution in [3.8, 4) is 0 Å². The number of rotatable bonds is 2. The van der Waals surface area contributed by atoms with Gasteiger partial charge in [-0.15, -0.1) is 0 Å². The molecule has 1 aromatic rings. The van der Waals surface area contributed by atoms with Crippen LogP contribution >= 0.6 is 12.2 Å². The molecule has 0 heterocycles. The number of benzene rings is 1. The SMILES string of the molecule is Cc1cccc(CC(=O)NC(N)=S)c1. The summed E-state index contributed by atoms with van der Waals surface area (Å²) in [4.78, 5) is 11.3. The third-order valence-corrected chi connectivity index (χ3v) is 1.81. The minimum absolute atomic E-state index is 0.0163. The van der Waals surface area contributed by atoms with E-state index < -0.39 is 0 Å². The Bertz CT molecular complexity index is 363. The standard InChI is InChI=1S/C10H12N2OS/c1-7-3-2-4-8(5-7)6-9(13)12-10(11)14/h2-5H,6H2,1H3,(H3,11,12,13,14). The van der Waals surface area contributed by atoms with Crippen molar-refractivity contribution >= 4 is 23.2 Å². The molecule has 0 fully saturated rings. The highest BCUT2D eigenvalue weighted by Crippen LogP contribution is 2.04. The van der Waals surface area contributed by atoms with E-state index >= 15 is 0 Å². The lowest BCUT2D eigenvalue weighted by Gasteiger charge is -2.03. The first-order valence-corrected chi connectivity index (χ1v) is 4.63. The molecule has 3 nitrogen and oxygen atoms in total. The summed E-state index contributed by atoms with van der Waals surface area (Å²) < 4.78 is 0. The Labute approximate surface area is 88.3 Å². The van der Waals surface area contributed by atoms with Gasteiger partial charge in [0, 0.05) is 0 Å². The summed E-state index contributed by atoms with van der Waals surface area (Å²) in [6.07, 6.45) is 0.305. The monoisotopic (exact) mass is 208 g/mol. The third-order valence-electron chi connectivity index (χ3n) is 1.71. The summed E-state index contributed by atoms with van der Waals surface area (Å²) in [5, 5.41) is 2.40. The van der Waals surface area contributed by atoms with E-state index in [4.69, 9.17) is 5.73 Å². The number of hydrogen-bond acceptors (Lipinski definition) is 2. The molecule has 0 atom stereocenters. The first-order chi connectivity index (χ1) is 6.58. The fourth-order valence-corrected chi connectivity index (χ4v) is 1.30. The average Bonchev–Trinajstić information content (AvgIpc) is 2.01. The van der Waals surface area contributed by atoms with Crippen molar-refractivity contribution in [2.75, 3.05) is 0 Å². The van der Waals surface area contributed by atoms with Crippen molar-refractivity contribution in [3.05, 3.63) is 35.4 Å². The Morgan fingerprint density at radius 1 is 1.57 bits per heavy atom. The van der Waals surface area contributed by atoms with Gasteiger partial charge in [0.05, 0.1) is 6.42 Å². The molecule has 1 rings (SSSR count). The number of thiocarbonyl (C=S) groups is 1. The lowest BCUT2D eigenvalue weighted by atomic mass is 10.1. The Morgan fingerprint density at radius 3 is 2.86 bits per heavy atom. The van der Waals surface area contributed by atoms with Crippen LogP contribution in [0.3, 0.4) is 0 Å². The molecule has 0 aliphatic carbocycles. The molecule has 1 amide bonds. The van der Waals surface area contributed by atoms with Crippen LogP contribution in [-0.4, -0.2) is 11.0 Å². The van der Waals surface area contributed by atoms with Crippen molar-refractivity contribution in [3.63, 3.8) is 0 Å². The molecular formula is C10H12N2OS. The van der Waals surface area contributed by atoms with Crippen LogP contribution in [-0.2, 0) is 11.2 Å². The molecule has 0 aliphatic rings. The second-order valence-electron chi connectivity index (χ2n) is 3.08. The molecule has 0 spiro atoms. The van der Waals surface area contributed by atoms with Crippen LogP contribution in [0, 0.1) is 6.92 Å².